The molecule has 5 heteroatoms. The zero-order chi connectivity index (χ0) is 20.8. The van der Waals surface area contributed by atoms with Gasteiger partial charge in [-0.2, -0.15) is 0 Å². The van der Waals surface area contributed by atoms with Crippen molar-refractivity contribution in [2.45, 2.75) is 25.6 Å². The average Bonchev–Trinajstić information content (AvgIpc) is 3.23. The van der Waals surface area contributed by atoms with Gasteiger partial charge in [-0.15, -0.1) is 0 Å². The molecule has 30 heavy (non-hydrogen) atoms. The molecule has 0 amide bonds. The molecule has 0 saturated carbocycles. The molecule has 0 aliphatic carbocycles. The molecule has 1 atom stereocenters. The minimum absolute atomic E-state index is 0.268. The Kier molecular flexibility index (Phi) is 6.52. The lowest BCUT2D eigenvalue weighted by atomic mass is 10.1. The molecule has 1 aliphatic rings. The zero-order valence-electron chi connectivity index (χ0n) is 17.2. The Morgan fingerprint density at radius 3 is 2.33 bits per heavy atom. The van der Waals surface area contributed by atoms with Crippen molar-refractivity contribution in [3.8, 4) is 17.2 Å². The summed E-state index contributed by atoms with van der Waals surface area (Å²) in [4.78, 5) is 2.26. The van der Waals surface area contributed by atoms with Gasteiger partial charge in [-0.25, -0.2) is 0 Å². The summed E-state index contributed by atoms with van der Waals surface area (Å²) >= 11 is 0. The fourth-order valence-corrected chi connectivity index (χ4v) is 3.72. The smallest absolute Gasteiger partial charge is 0.231 e. The molecule has 0 aromatic heterocycles. The van der Waals surface area contributed by atoms with Crippen LogP contribution in [-0.2, 0) is 19.5 Å². The molecule has 0 saturated heterocycles. The van der Waals surface area contributed by atoms with Crippen molar-refractivity contribution in [1.82, 2.24) is 4.90 Å². The van der Waals surface area contributed by atoms with E-state index >= 15 is 0 Å². The lowest BCUT2D eigenvalue weighted by Gasteiger charge is -2.25. The Morgan fingerprint density at radius 1 is 0.867 bits per heavy atom. The summed E-state index contributed by atoms with van der Waals surface area (Å²) in [5.74, 6) is 2.40. The predicted molar refractivity (Wildman–Crippen MR) is 116 cm³/mol. The van der Waals surface area contributed by atoms with Gasteiger partial charge in [0.15, 0.2) is 11.5 Å². The molecule has 0 fully saturated rings. The van der Waals surface area contributed by atoms with Crippen molar-refractivity contribution in [2.24, 2.45) is 0 Å². The fraction of sp³-hybridized carbons (Fsp3) is 0.280. The third-order valence-electron chi connectivity index (χ3n) is 5.19. The molecule has 0 bridgehead atoms. The molecule has 5 nitrogen and oxygen atoms in total. The maximum absolute atomic E-state index is 10.8. The van der Waals surface area contributed by atoms with Crippen molar-refractivity contribution in [3.63, 3.8) is 0 Å². The second-order valence-corrected chi connectivity index (χ2v) is 7.55. The molecular formula is C25H27NO4. The van der Waals surface area contributed by atoms with E-state index in [0.717, 1.165) is 34.9 Å². The van der Waals surface area contributed by atoms with E-state index in [9.17, 15) is 5.11 Å². The lowest BCUT2D eigenvalue weighted by molar-refractivity contribution is 0.104. The summed E-state index contributed by atoms with van der Waals surface area (Å²) in [5.41, 5.74) is 3.43. The number of ether oxygens (including phenoxy) is 3. The van der Waals surface area contributed by atoms with Gasteiger partial charge in [-0.1, -0.05) is 48.5 Å². The van der Waals surface area contributed by atoms with Crippen LogP contribution in [0.25, 0.3) is 0 Å². The standard InChI is InChI=1S/C25H27NO4/c1-28-23-10-7-20(8-11-23)15-26(17-22(27)13-19-5-3-2-4-6-19)16-21-9-12-24-25(14-21)30-18-29-24/h2-12,14,22,27H,13,15-18H2,1H3. The van der Waals surface area contributed by atoms with Gasteiger partial charge in [0.25, 0.3) is 0 Å². The normalized spacial score (nSPS) is 13.4. The second kappa shape index (κ2) is 9.65. The highest BCUT2D eigenvalue weighted by atomic mass is 16.7. The Hall–Kier alpha value is -3.02. The number of hydrogen-bond acceptors (Lipinski definition) is 5. The molecular weight excluding hydrogens is 378 g/mol. The van der Waals surface area contributed by atoms with Crippen LogP contribution >= 0.6 is 0 Å². The molecule has 3 aromatic carbocycles. The van der Waals surface area contributed by atoms with Crippen molar-refractivity contribution in [1.29, 1.82) is 0 Å². The molecule has 0 spiro atoms. The highest BCUT2D eigenvalue weighted by Gasteiger charge is 2.17. The Bertz CT molecular complexity index is 943. The Balaban J connectivity index is 1.47. The lowest BCUT2D eigenvalue weighted by Crippen LogP contribution is -2.33. The van der Waals surface area contributed by atoms with Crippen LogP contribution in [0.15, 0.2) is 72.8 Å². The topological polar surface area (TPSA) is 51.2 Å². The van der Waals surface area contributed by atoms with E-state index in [2.05, 4.69) is 35.2 Å². The van der Waals surface area contributed by atoms with Crippen LogP contribution in [0, 0.1) is 0 Å². The van der Waals surface area contributed by atoms with Gasteiger partial charge in [-0.3, -0.25) is 4.90 Å². The van der Waals surface area contributed by atoms with Crippen LogP contribution in [0.5, 0.6) is 17.2 Å². The van der Waals surface area contributed by atoms with Gasteiger partial charge >= 0.3 is 0 Å². The summed E-state index contributed by atoms with van der Waals surface area (Å²) in [7, 11) is 1.67. The van der Waals surface area contributed by atoms with E-state index in [1.165, 1.54) is 5.56 Å². The van der Waals surface area contributed by atoms with E-state index in [0.29, 0.717) is 19.5 Å². The van der Waals surface area contributed by atoms with E-state index in [4.69, 9.17) is 14.2 Å². The van der Waals surface area contributed by atoms with Crippen molar-refractivity contribution in [3.05, 3.63) is 89.5 Å². The number of hydrogen-bond donors (Lipinski definition) is 1. The third-order valence-corrected chi connectivity index (χ3v) is 5.19. The minimum atomic E-state index is -0.459. The Labute approximate surface area is 177 Å². The first kappa shape index (κ1) is 20.3. The molecule has 1 N–H and O–H groups in total. The number of fused-ring (bicyclic) bond motifs is 1. The van der Waals surface area contributed by atoms with Crippen LogP contribution in [0.4, 0.5) is 0 Å². The van der Waals surface area contributed by atoms with Gasteiger partial charge < -0.3 is 19.3 Å². The van der Waals surface area contributed by atoms with Gasteiger partial charge in [-0.05, 0) is 47.4 Å². The number of aliphatic hydroxyl groups excluding tert-OH is 1. The van der Waals surface area contributed by atoms with E-state index < -0.39 is 6.10 Å². The summed E-state index contributed by atoms with van der Waals surface area (Å²) < 4.78 is 16.2. The number of nitrogens with zero attached hydrogens (tertiary/aromatic N) is 1. The molecule has 1 unspecified atom stereocenters. The van der Waals surface area contributed by atoms with Gasteiger partial charge in [0, 0.05) is 19.6 Å². The van der Waals surface area contributed by atoms with Crippen LogP contribution in [0.3, 0.4) is 0 Å². The van der Waals surface area contributed by atoms with Gasteiger partial charge in [0.2, 0.25) is 6.79 Å². The second-order valence-electron chi connectivity index (χ2n) is 7.55. The van der Waals surface area contributed by atoms with Crippen molar-refractivity contribution >= 4 is 0 Å². The maximum atomic E-state index is 10.8. The van der Waals surface area contributed by atoms with Gasteiger partial charge in [0.05, 0.1) is 13.2 Å². The number of methoxy groups -OCH3 is 1. The van der Waals surface area contributed by atoms with Crippen molar-refractivity contribution < 1.29 is 19.3 Å². The van der Waals surface area contributed by atoms with Crippen LogP contribution in [0.2, 0.25) is 0 Å². The summed E-state index contributed by atoms with van der Waals surface area (Å²) in [6.07, 6.45) is 0.167. The molecule has 156 valence electrons. The van der Waals surface area contributed by atoms with E-state index in [1.54, 1.807) is 7.11 Å². The van der Waals surface area contributed by atoms with Crippen LogP contribution in [0.1, 0.15) is 16.7 Å². The van der Waals surface area contributed by atoms with Crippen LogP contribution in [-0.4, -0.2) is 36.6 Å². The minimum Gasteiger partial charge on any atom is -0.497 e. The van der Waals surface area contributed by atoms with E-state index in [-0.39, 0.29) is 6.79 Å². The largest absolute Gasteiger partial charge is 0.497 e. The SMILES string of the molecule is COc1ccc(CN(Cc2ccc3c(c2)OCO3)CC(O)Cc2ccccc2)cc1. The van der Waals surface area contributed by atoms with E-state index in [1.807, 2.05) is 42.5 Å². The molecule has 4 rings (SSSR count). The summed E-state index contributed by atoms with van der Waals surface area (Å²) in [5, 5.41) is 10.8. The number of rotatable bonds is 9. The quantitative estimate of drug-likeness (QED) is 0.583. The predicted octanol–water partition coefficient (Wildman–Crippen LogP) is 4.03. The van der Waals surface area contributed by atoms with Crippen molar-refractivity contribution in [2.75, 3.05) is 20.4 Å². The first-order valence-electron chi connectivity index (χ1n) is 10.2. The highest BCUT2D eigenvalue weighted by Crippen LogP contribution is 2.33. The van der Waals surface area contributed by atoms with Gasteiger partial charge in [0.1, 0.15) is 5.75 Å². The molecule has 3 aromatic rings. The third kappa shape index (κ3) is 5.32. The summed E-state index contributed by atoms with van der Waals surface area (Å²) in [6.45, 7) is 2.26. The highest BCUT2D eigenvalue weighted by molar-refractivity contribution is 5.44. The number of benzene rings is 3. The molecule has 0 radical (unpaired) electrons. The molecule has 1 heterocycles. The maximum Gasteiger partial charge on any atom is 0.231 e. The van der Waals surface area contributed by atoms with Crippen LogP contribution < -0.4 is 14.2 Å². The zero-order valence-corrected chi connectivity index (χ0v) is 17.2. The Morgan fingerprint density at radius 2 is 1.57 bits per heavy atom. The fourth-order valence-electron chi connectivity index (χ4n) is 3.72. The first-order chi connectivity index (χ1) is 14.7. The first-order valence-corrected chi connectivity index (χ1v) is 10.2. The average molecular weight is 405 g/mol. The summed E-state index contributed by atoms with van der Waals surface area (Å²) in [6, 6.07) is 24.2. The molecule has 1 aliphatic heterocycles. The monoisotopic (exact) mass is 405 g/mol. The number of aliphatic hydroxyl groups is 1.